The van der Waals surface area contributed by atoms with Crippen LogP contribution in [0.2, 0.25) is 0 Å². The Morgan fingerprint density at radius 1 is 1.00 bits per heavy atom. The molecule has 148 valence electrons. The Morgan fingerprint density at radius 3 is 2.45 bits per heavy atom. The van der Waals surface area contributed by atoms with Gasteiger partial charge in [0.25, 0.3) is 0 Å². The van der Waals surface area contributed by atoms with Gasteiger partial charge in [0, 0.05) is 5.69 Å². The SMILES string of the molecule is COc1ccc(N2C(=O)C(=O)N(CC(=O)Nc3ccc4c(c3)CCC4)C2=O)cc1. The molecule has 1 heterocycles. The number of nitrogens with zero attached hydrogens (tertiary/aromatic N) is 2. The van der Waals surface area contributed by atoms with E-state index >= 15 is 0 Å². The normalized spacial score (nSPS) is 15.7. The molecule has 1 aliphatic heterocycles. The van der Waals surface area contributed by atoms with Crippen molar-refractivity contribution in [3.63, 3.8) is 0 Å². The zero-order chi connectivity index (χ0) is 20.5. The van der Waals surface area contributed by atoms with Crippen molar-refractivity contribution < 1.29 is 23.9 Å². The summed E-state index contributed by atoms with van der Waals surface area (Å²) in [5.41, 5.74) is 3.30. The molecule has 4 rings (SSSR count). The zero-order valence-electron chi connectivity index (χ0n) is 15.8. The molecule has 8 nitrogen and oxygen atoms in total. The van der Waals surface area contributed by atoms with Crippen molar-refractivity contribution in [3.8, 4) is 5.75 Å². The molecule has 29 heavy (non-hydrogen) atoms. The molecule has 0 aromatic heterocycles. The molecule has 2 aromatic rings. The quantitative estimate of drug-likeness (QED) is 0.620. The number of fused-ring (bicyclic) bond motifs is 1. The summed E-state index contributed by atoms with van der Waals surface area (Å²) >= 11 is 0. The maximum atomic E-state index is 12.6. The molecule has 0 bridgehead atoms. The predicted molar refractivity (Wildman–Crippen MR) is 105 cm³/mol. The van der Waals surface area contributed by atoms with Gasteiger partial charge in [-0.05, 0) is 66.8 Å². The van der Waals surface area contributed by atoms with Gasteiger partial charge in [0.1, 0.15) is 12.3 Å². The molecule has 1 fully saturated rings. The summed E-state index contributed by atoms with van der Waals surface area (Å²) in [5.74, 6) is -2.03. The Balaban J connectivity index is 1.46. The number of urea groups is 1. The summed E-state index contributed by atoms with van der Waals surface area (Å²) in [5, 5.41) is 2.69. The van der Waals surface area contributed by atoms with Crippen LogP contribution in [0.15, 0.2) is 42.5 Å². The van der Waals surface area contributed by atoms with Crippen molar-refractivity contribution in [1.82, 2.24) is 4.90 Å². The molecule has 8 heteroatoms. The van der Waals surface area contributed by atoms with E-state index in [-0.39, 0.29) is 5.69 Å². The van der Waals surface area contributed by atoms with E-state index in [1.807, 2.05) is 12.1 Å². The largest absolute Gasteiger partial charge is 0.497 e. The molecule has 0 radical (unpaired) electrons. The Labute approximate surface area is 167 Å². The number of ether oxygens (including phenoxy) is 1. The van der Waals surface area contributed by atoms with Gasteiger partial charge in [-0.15, -0.1) is 0 Å². The van der Waals surface area contributed by atoms with Gasteiger partial charge >= 0.3 is 17.8 Å². The molecule has 2 aliphatic rings. The first-order valence-corrected chi connectivity index (χ1v) is 9.23. The molecular weight excluding hydrogens is 374 g/mol. The number of hydrogen-bond donors (Lipinski definition) is 1. The van der Waals surface area contributed by atoms with Gasteiger partial charge in [-0.1, -0.05) is 6.07 Å². The molecule has 0 saturated carbocycles. The average molecular weight is 393 g/mol. The van der Waals surface area contributed by atoms with Gasteiger partial charge in [-0.25, -0.2) is 14.6 Å². The highest BCUT2D eigenvalue weighted by molar-refractivity contribution is 6.53. The molecule has 5 amide bonds. The number of amides is 5. The fourth-order valence-electron chi connectivity index (χ4n) is 3.60. The number of anilines is 2. The van der Waals surface area contributed by atoms with E-state index in [4.69, 9.17) is 4.74 Å². The molecule has 1 N–H and O–H groups in total. The molecule has 0 spiro atoms. The van der Waals surface area contributed by atoms with E-state index in [1.165, 1.54) is 30.4 Å². The third-order valence-electron chi connectivity index (χ3n) is 5.07. The zero-order valence-corrected chi connectivity index (χ0v) is 15.8. The fraction of sp³-hybridized carbons (Fsp3) is 0.238. The summed E-state index contributed by atoms with van der Waals surface area (Å²) in [6, 6.07) is 11.0. The van der Waals surface area contributed by atoms with Gasteiger partial charge in [-0.2, -0.15) is 0 Å². The van der Waals surface area contributed by atoms with Crippen molar-refractivity contribution in [2.24, 2.45) is 0 Å². The fourth-order valence-corrected chi connectivity index (χ4v) is 3.60. The first-order chi connectivity index (χ1) is 14.0. The van der Waals surface area contributed by atoms with Crippen LogP contribution in [0.25, 0.3) is 0 Å². The van der Waals surface area contributed by atoms with Gasteiger partial charge in [-0.3, -0.25) is 14.4 Å². The molecule has 1 aliphatic carbocycles. The number of carbonyl (C=O) groups is 4. The maximum Gasteiger partial charge on any atom is 0.339 e. The molecule has 0 unspecified atom stereocenters. The third-order valence-corrected chi connectivity index (χ3v) is 5.07. The van der Waals surface area contributed by atoms with Gasteiger partial charge in [0.2, 0.25) is 5.91 Å². The van der Waals surface area contributed by atoms with Crippen molar-refractivity contribution in [2.75, 3.05) is 23.9 Å². The lowest BCUT2D eigenvalue weighted by atomic mass is 10.1. The summed E-state index contributed by atoms with van der Waals surface area (Å²) in [4.78, 5) is 51.0. The second-order valence-corrected chi connectivity index (χ2v) is 6.90. The minimum Gasteiger partial charge on any atom is -0.497 e. The van der Waals surface area contributed by atoms with E-state index in [2.05, 4.69) is 5.32 Å². The van der Waals surface area contributed by atoms with E-state index in [0.29, 0.717) is 16.3 Å². The lowest BCUT2D eigenvalue weighted by molar-refractivity contribution is -0.140. The standard InChI is InChI=1S/C21H19N3O5/c1-29-17-9-7-16(8-10-17)24-20(27)19(26)23(21(24)28)12-18(25)22-15-6-5-13-3-2-4-14(13)11-15/h5-11H,2-4,12H2,1H3,(H,22,25). The summed E-state index contributed by atoms with van der Waals surface area (Å²) in [7, 11) is 1.49. The highest BCUT2D eigenvalue weighted by Crippen LogP contribution is 2.26. The number of nitrogens with one attached hydrogen (secondary N) is 1. The average Bonchev–Trinajstić information content (AvgIpc) is 3.26. The van der Waals surface area contributed by atoms with Crippen LogP contribution in [0.3, 0.4) is 0 Å². The Bertz CT molecular complexity index is 1020. The topological polar surface area (TPSA) is 96.0 Å². The summed E-state index contributed by atoms with van der Waals surface area (Å²) in [6.07, 6.45) is 3.09. The van der Waals surface area contributed by atoms with Crippen molar-refractivity contribution >= 4 is 35.1 Å². The van der Waals surface area contributed by atoms with E-state index in [1.54, 1.807) is 18.2 Å². The lowest BCUT2D eigenvalue weighted by Crippen LogP contribution is -2.39. The van der Waals surface area contributed by atoms with Gasteiger partial charge < -0.3 is 10.1 Å². The van der Waals surface area contributed by atoms with Crippen LogP contribution >= 0.6 is 0 Å². The van der Waals surface area contributed by atoms with Crippen LogP contribution in [0, 0.1) is 0 Å². The lowest BCUT2D eigenvalue weighted by Gasteiger charge is -2.16. The molecular formula is C21H19N3O5. The monoisotopic (exact) mass is 393 g/mol. The number of rotatable bonds is 5. The van der Waals surface area contributed by atoms with E-state index < -0.39 is 30.3 Å². The Morgan fingerprint density at radius 2 is 1.72 bits per heavy atom. The second kappa shape index (κ2) is 7.38. The summed E-state index contributed by atoms with van der Waals surface area (Å²) < 4.78 is 5.05. The van der Waals surface area contributed by atoms with Crippen molar-refractivity contribution in [3.05, 3.63) is 53.6 Å². The first kappa shape index (κ1) is 18.7. The van der Waals surface area contributed by atoms with Crippen LogP contribution in [-0.2, 0) is 27.2 Å². The van der Waals surface area contributed by atoms with Crippen LogP contribution in [0.1, 0.15) is 17.5 Å². The Hall–Kier alpha value is -3.68. The van der Waals surface area contributed by atoms with Crippen LogP contribution in [0.4, 0.5) is 16.2 Å². The third kappa shape index (κ3) is 3.44. The first-order valence-electron chi connectivity index (χ1n) is 9.23. The molecule has 2 aromatic carbocycles. The predicted octanol–water partition coefficient (Wildman–Crippen LogP) is 2.12. The van der Waals surface area contributed by atoms with Gasteiger partial charge in [0.05, 0.1) is 12.8 Å². The highest BCUT2D eigenvalue weighted by Gasteiger charge is 2.46. The number of aryl methyl sites for hydroxylation is 2. The number of benzene rings is 2. The van der Waals surface area contributed by atoms with Crippen LogP contribution in [0.5, 0.6) is 5.75 Å². The second-order valence-electron chi connectivity index (χ2n) is 6.90. The Kier molecular flexibility index (Phi) is 4.75. The molecule has 1 saturated heterocycles. The minimum absolute atomic E-state index is 0.232. The number of carbonyl (C=O) groups excluding carboxylic acids is 4. The van der Waals surface area contributed by atoms with Crippen LogP contribution < -0.4 is 15.0 Å². The van der Waals surface area contributed by atoms with E-state index in [0.717, 1.165) is 24.2 Å². The van der Waals surface area contributed by atoms with Crippen molar-refractivity contribution in [1.29, 1.82) is 0 Å². The number of hydrogen-bond acceptors (Lipinski definition) is 5. The van der Waals surface area contributed by atoms with Crippen LogP contribution in [-0.4, -0.2) is 42.3 Å². The highest BCUT2D eigenvalue weighted by atomic mass is 16.5. The smallest absolute Gasteiger partial charge is 0.339 e. The van der Waals surface area contributed by atoms with Gasteiger partial charge in [0.15, 0.2) is 0 Å². The van der Waals surface area contributed by atoms with E-state index in [9.17, 15) is 19.2 Å². The van der Waals surface area contributed by atoms with Crippen molar-refractivity contribution in [2.45, 2.75) is 19.3 Å². The minimum atomic E-state index is -1.03. The number of imide groups is 2. The molecule has 0 atom stereocenters. The maximum absolute atomic E-state index is 12.6. The number of methoxy groups -OCH3 is 1. The summed E-state index contributed by atoms with van der Waals surface area (Å²) in [6.45, 7) is -0.535.